The number of hydrogen-bond donors (Lipinski definition) is 2. The van der Waals surface area contributed by atoms with Gasteiger partial charge in [0.25, 0.3) is 0 Å². The molecule has 1 atom stereocenters. The van der Waals surface area contributed by atoms with E-state index in [0.29, 0.717) is 12.3 Å². The van der Waals surface area contributed by atoms with Gasteiger partial charge in [-0.05, 0) is 36.8 Å². The number of benzene rings is 2. The lowest BCUT2D eigenvalue weighted by molar-refractivity contribution is -0.121. The zero-order valence-electron chi connectivity index (χ0n) is 12.6. The second kappa shape index (κ2) is 7.45. The lowest BCUT2D eigenvalue weighted by Gasteiger charge is -2.17. The fourth-order valence-electron chi connectivity index (χ4n) is 2.01. The largest absolute Gasteiger partial charge is 0.495 e. The number of amides is 1. The van der Waals surface area contributed by atoms with E-state index in [4.69, 9.17) is 4.74 Å². The Labute approximate surface area is 129 Å². The molecule has 1 amide bonds. The molecule has 0 aliphatic rings. The van der Waals surface area contributed by atoms with Crippen molar-refractivity contribution < 1.29 is 13.9 Å². The van der Waals surface area contributed by atoms with E-state index in [1.807, 2.05) is 24.3 Å². The molecule has 22 heavy (non-hydrogen) atoms. The quantitative estimate of drug-likeness (QED) is 0.862. The Kier molecular flexibility index (Phi) is 5.36. The maximum atomic E-state index is 12.8. The van der Waals surface area contributed by atoms with E-state index in [1.54, 1.807) is 26.2 Å². The third-order valence-electron chi connectivity index (χ3n) is 3.25. The van der Waals surface area contributed by atoms with Crippen molar-refractivity contribution in [1.82, 2.24) is 5.32 Å². The van der Waals surface area contributed by atoms with Crippen LogP contribution in [0.5, 0.6) is 5.75 Å². The van der Waals surface area contributed by atoms with Crippen LogP contribution in [0.3, 0.4) is 0 Å². The Bertz CT molecular complexity index is 629. The summed E-state index contributed by atoms with van der Waals surface area (Å²) < 4.78 is 18.1. The monoisotopic (exact) mass is 302 g/mol. The van der Waals surface area contributed by atoms with E-state index in [9.17, 15) is 9.18 Å². The lowest BCUT2D eigenvalue weighted by atomic mass is 10.2. The van der Waals surface area contributed by atoms with Gasteiger partial charge in [-0.25, -0.2) is 4.39 Å². The minimum atomic E-state index is -0.420. The number of para-hydroxylation sites is 2. The van der Waals surface area contributed by atoms with E-state index in [2.05, 4.69) is 10.6 Å². The highest BCUT2D eigenvalue weighted by atomic mass is 19.1. The second-order valence-corrected chi connectivity index (χ2v) is 4.91. The summed E-state index contributed by atoms with van der Waals surface area (Å²) in [6.07, 6.45) is 0. The van der Waals surface area contributed by atoms with Crippen molar-refractivity contribution in [3.05, 3.63) is 59.9 Å². The first-order valence-electron chi connectivity index (χ1n) is 7.02. The molecule has 0 bridgehead atoms. The van der Waals surface area contributed by atoms with E-state index in [1.165, 1.54) is 12.1 Å². The van der Waals surface area contributed by atoms with Crippen molar-refractivity contribution in [1.29, 1.82) is 0 Å². The average molecular weight is 302 g/mol. The van der Waals surface area contributed by atoms with Gasteiger partial charge in [-0.1, -0.05) is 24.3 Å². The molecular formula is C17H19FN2O2. The molecule has 116 valence electrons. The number of rotatable bonds is 6. The van der Waals surface area contributed by atoms with Crippen molar-refractivity contribution in [3.8, 4) is 5.75 Å². The molecule has 0 saturated heterocycles. The number of methoxy groups -OCH3 is 1. The van der Waals surface area contributed by atoms with Gasteiger partial charge in [-0.15, -0.1) is 0 Å². The predicted octanol–water partition coefficient (Wildman–Crippen LogP) is 2.95. The highest BCUT2D eigenvalue weighted by Crippen LogP contribution is 2.23. The summed E-state index contributed by atoms with van der Waals surface area (Å²) >= 11 is 0. The normalized spacial score (nSPS) is 11.6. The number of carbonyl (C=O) groups excluding carboxylic acids is 1. The summed E-state index contributed by atoms with van der Waals surface area (Å²) in [5.41, 5.74) is 1.61. The first-order chi connectivity index (χ1) is 10.6. The number of halogens is 1. The average Bonchev–Trinajstić information content (AvgIpc) is 2.54. The SMILES string of the molecule is COc1ccccc1N[C@@H](C)C(=O)NCc1ccc(F)cc1. The molecule has 0 radical (unpaired) electrons. The van der Waals surface area contributed by atoms with Gasteiger partial charge >= 0.3 is 0 Å². The third kappa shape index (κ3) is 4.22. The van der Waals surface area contributed by atoms with Crippen LogP contribution < -0.4 is 15.4 Å². The molecule has 2 N–H and O–H groups in total. The molecular weight excluding hydrogens is 283 g/mol. The first-order valence-corrected chi connectivity index (χ1v) is 7.02. The van der Waals surface area contributed by atoms with E-state index < -0.39 is 6.04 Å². The summed E-state index contributed by atoms with van der Waals surface area (Å²) in [6, 6.07) is 13.0. The Morgan fingerprint density at radius 2 is 1.86 bits per heavy atom. The summed E-state index contributed by atoms with van der Waals surface area (Å²) in [5, 5.41) is 5.92. The third-order valence-corrected chi connectivity index (χ3v) is 3.25. The Hall–Kier alpha value is -2.56. The van der Waals surface area contributed by atoms with E-state index in [-0.39, 0.29) is 11.7 Å². The predicted molar refractivity (Wildman–Crippen MR) is 84.3 cm³/mol. The van der Waals surface area contributed by atoms with Crippen LogP contribution in [0.1, 0.15) is 12.5 Å². The molecule has 0 aliphatic heterocycles. The van der Waals surface area contributed by atoms with Gasteiger partial charge in [0.1, 0.15) is 17.6 Å². The Morgan fingerprint density at radius 1 is 1.18 bits per heavy atom. The zero-order valence-corrected chi connectivity index (χ0v) is 12.6. The maximum absolute atomic E-state index is 12.8. The Balaban J connectivity index is 1.90. The van der Waals surface area contributed by atoms with Crippen molar-refractivity contribution in [3.63, 3.8) is 0 Å². The van der Waals surface area contributed by atoms with Gasteiger partial charge in [0.2, 0.25) is 5.91 Å². The highest BCUT2D eigenvalue weighted by Gasteiger charge is 2.14. The molecule has 0 fully saturated rings. The van der Waals surface area contributed by atoms with Gasteiger partial charge in [0.05, 0.1) is 12.8 Å². The zero-order chi connectivity index (χ0) is 15.9. The maximum Gasteiger partial charge on any atom is 0.242 e. The molecule has 4 nitrogen and oxygen atoms in total. The number of carbonyl (C=O) groups is 1. The lowest BCUT2D eigenvalue weighted by Crippen LogP contribution is -2.37. The minimum absolute atomic E-state index is 0.143. The molecule has 0 spiro atoms. The fraction of sp³-hybridized carbons (Fsp3) is 0.235. The van der Waals surface area contributed by atoms with Crippen molar-refractivity contribution in [2.45, 2.75) is 19.5 Å². The molecule has 0 heterocycles. The van der Waals surface area contributed by atoms with Crippen LogP contribution in [0.4, 0.5) is 10.1 Å². The summed E-state index contributed by atoms with van der Waals surface area (Å²) in [7, 11) is 1.58. The van der Waals surface area contributed by atoms with E-state index in [0.717, 1.165) is 11.3 Å². The highest BCUT2D eigenvalue weighted by molar-refractivity contribution is 5.84. The van der Waals surface area contributed by atoms with Gasteiger partial charge in [-0.2, -0.15) is 0 Å². The standard InChI is InChI=1S/C17H19FN2O2/c1-12(20-15-5-3-4-6-16(15)22-2)17(21)19-11-13-7-9-14(18)10-8-13/h3-10,12,20H,11H2,1-2H3,(H,19,21)/t12-/m0/s1. The van der Waals surface area contributed by atoms with Crippen LogP contribution >= 0.6 is 0 Å². The number of anilines is 1. The van der Waals surface area contributed by atoms with Gasteiger partial charge in [0, 0.05) is 6.54 Å². The van der Waals surface area contributed by atoms with Gasteiger partial charge in [-0.3, -0.25) is 4.79 Å². The molecule has 0 aromatic heterocycles. The first kappa shape index (κ1) is 15.8. The van der Waals surface area contributed by atoms with Crippen LogP contribution in [-0.4, -0.2) is 19.1 Å². The van der Waals surface area contributed by atoms with Crippen LogP contribution in [0.25, 0.3) is 0 Å². The van der Waals surface area contributed by atoms with Gasteiger partial charge in [0.15, 0.2) is 0 Å². The molecule has 2 aromatic rings. The van der Waals surface area contributed by atoms with Crippen LogP contribution in [-0.2, 0) is 11.3 Å². The smallest absolute Gasteiger partial charge is 0.242 e. The van der Waals surface area contributed by atoms with Crippen molar-refractivity contribution in [2.24, 2.45) is 0 Å². The number of nitrogens with one attached hydrogen (secondary N) is 2. The number of ether oxygens (including phenoxy) is 1. The topological polar surface area (TPSA) is 50.4 Å². The molecule has 2 aromatic carbocycles. The van der Waals surface area contributed by atoms with Crippen LogP contribution in [0.2, 0.25) is 0 Å². The molecule has 0 aliphatic carbocycles. The summed E-state index contributed by atoms with van der Waals surface area (Å²) in [5.74, 6) is 0.247. The molecule has 0 saturated carbocycles. The summed E-state index contributed by atoms with van der Waals surface area (Å²) in [6.45, 7) is 2.13. The van der Waals surface area contributed by atoms with Gasteiger partial charge < -0.3 is 15.4 Å². The fourth-order valence-corrected chi connectivity index (χ4v) is 2.01. The molecule has 0 unspecified atom stereocenters. The Morgan fingerprint density at radius 3 is 2.55 bits per heavy atom. The summed E-state index contributed by atoms with van der Waals surface area (Å²) in [4.78, 5) is 12.1. The van der Waals surface area contributed by atoms with E-state index >= 15 is 0 Å². The number of hydrogen-bond acceptors (Lipinski definition) is 3. The van der Waals surface area contributed by atoms with Crippen molar-refractivity contribution in [2.75, 3.05) is 12.4 Å². The van der Waals surface area contributed by atoms with Crippen LogP contribution in [0.15, 0.2) is 48.5 Å². The minimum Gasteiger partial charge on any atom is -0.495 e. The molecule has 2 rings (SSSR count). The van der Waals surface area contributed by atoms with Crippen molar-refractivity contribution >= 4 is 11.6 Å². The molecule has 5 heteroatoms. The second-order valence-electron chi connectivity index (χ2n) is 4.91. The van der Waals surface area contributed by atoms with Crippen LogP contribution in [0, 0.1) is 5.82 Å².